The zero-order chi connectivity index (χ0) is 12.2. The molecule has 94 valence electrons. The lowest BCUT2D eigenvalue weighted by atomic mass is 10.0. The molecule has 0 aromatic heterocycles. The van der Waals surface area contributed by atoms with E-state index in [1.807, 2.05) is 13.8 Å². The molecule has 0 amide bonds. The molecule has 1 N–H and O–H groups in total. The Balaban J connectivity index is 2.66. The first-order valence-corrected chi connectivity index (χ1v) is 6.11. The Hall–Kier alpha value is -0.610. The Labute approximate surface area is 98.3 Å². The zero-order valence-corrected chi connectivity index (χ0v) is 10.9. The number of hydrogen-bond donors (Lipinski definition) is 1. The van der Waals surface area contributed by atoms with E-state index < -0.39 is 5.54 Å². The van der Waals surface area contributed by atoms with Crippen LogP contribution in [0.2, 0.25) is 0 Å². The van der Waals surface area contributed by atoms with Gasteiger partial charge in [0.2, 0.25) is 0 Å². The van der Waals surface area contributed by atoms with Gasteiger partial charge in [0.05, 0.1) is 7.11 Å². The minimum absolute atomic E-state index is 0.173. The van der Waals surface area contributed by atoms with Crippen molar-refractivity contribution in [2.24, 2.45) is 0 Å². The molecule has 2 unspecified atom stereocenters. The van der Waals surface area contributed by atoms with Gasteiger partial charge in [-0.2, -0.15) is 0 Å². The normalized spacial score (nSPS) is 25.4. The number of ether oxygens (including phenoxy) is 1. The highest BCUT2D eigenvalue weighted by Crippen LogP contribution is 2.20. The molecule has 0 aliphatic carbocycles. The number of carbonyl (C=O) groups is 1. The van der Waals surface area contributed by atoms with E-state index in [4.69, 9.17) is 4.74 Å². The van der Waals surface area contributed by atoms with Crippen molar-refractivity contribution in [2.45, 2.75) is 45.2 Å². The predicted octanol–water partition coefficient (Wildman–Crippen LogP) is 1.01. The van der Waals surface area contributed by atoms with Gasteiger partial charge in [-0.3, -0.25) is 9.69 Å². The molecule has 4 nitrogen and oxygen atoms in total. The van der Waals surface area contributed by atoms with Crippen molar-refractivity contribution in [1.29, 1.82) is 0 Å². The highest BCUT2D eigenvalue weighted by molar-refractivity contribution is 5.80. The molecule has 2 atom stereocenters. The fraction of sp³-hybridized carbons (Fsp3) is 0.917. The van der Waals surface area contributed by atoms with Gasteiger partial charge in [0.25, 0.3) is 0 Å². The van der Waals surface area contributed by atoms with Crippen LogP contribution in [0.3, 0.4) is 0 Å². The Morgan fingerprint density at radius 2 is 2.31 bits per heavy atom. The summed E-state index contributed by atoms with van der Waals surface area (Å²) in [4.78, 5) is 14.2. The summed E-state index contributed by atoms with van der Waals surface area (Å²) in [5.41, 5.74) is -0.581. The van der Waals surface area contributed by atoms with Gasteiger partial charge < -0.3 is 10.1 Å². The minimum Gasteiger partial charge on any atom is -0.468 e. The van der Waals surface area contributed by atoms with Gasteiger partial charge in [-0.15, -0.1) is 0 Å². The molecule has 0 saturated carbocycles. The first-order chi connectivity index (χ1) is 7.53. The molecule has 0 aromatic rings. The van der Waals surface area contributed by atoms with Crippen LogP contribution in [0, 0.1) is 0 Å². The topological polar surface area (TPSA) is 41.6 Å². The van der Waals surface area contributed by atoms with Crippen LogP contribution < -0.4 is 5.32 Å². The first kappa shape index (κ1) is 13.5. The Morgan fingerprint density at radius 1 is 1.62 bits per heavy atom. The molecule has 0 bridgehead atoms. The van der Waals surface area contributed by atoms with Gasteiger partial charge in [-0.05, 0) is 39.8 Å². The molecule has 4 heteroatoms. The van der Waals surface area contributed by atoms with Crippen LogP contribution in [0.5, 0.6) is 0 Å². The molecule has 0 aromatic carbocycles. The number of nitrogens with one attached hydrogen (secondary N) is 1. The number of likely N-dealkylation sites (tertiary alicyclic amines) is 1. The van der Waals surface area contributed by atoms with Crippen LogP contribution in [0.4, 0.5) is 0 Å². The quantitative estimate of drug-likeness (QED) is 0.713. The minimum atomic E-state index is -0.581. The maximum absolute atomic E-state index is 11.8. The number of carbonyl (C=O) groups excluding carboxylic acids is 1. The van der Waals surface area contributed by atoms with Crippen LogP contribution in [0.25, 0.3) is 0 Å². The molecule has 0 spiro atoms. The molecule has 1 saturated heterocycles. The Morgan fingerprint density at radius 3 is 2.75 bits per heavy atom. The van der Waals surface area contributed by atoms with Crippen LogP contribution in [0.1, 0.15) is 33.6 Å². The van der Waals surface area contributed by atoms with E-state index in [2.05, 4.69) is 17.1 Å². The summed E-state index contributed by atoms with van der Waals surface area (Å²) in [6, 6.07) is 0.572. The van der Waals surface area contributed by atoms with Crippen LogP contribution in [0.15, 0.2) is 0 Å². The van der Waals surface area contributed by atoms with Crippen molar-refractivity contribution >= 4 is 5.97 Å². The summed E-state index contributed by atoms with van der Waals surface area (Å²) in [7, 11) is 1.45. The number of methoxy groups -OCH3 is 1. The molecule has 1 fully saturated rings. The van der Waals surface area contributed by atoms with Crippen molar-refractivity contribution in [3.8, 4) is 0 Å². The third-order valence-corrected chi connectivity index (χ3v) is 3.41. The largest absolute Gasteiger partial charge is 0.468 e. The van der Waals surface area contributed by atoms with Gasteiger partial charge in [0, 0.05) is 12.6 Å². The van der Waals surface area contributed by atoms with E-state index in [0.717, 1.165) is 19.6 Å². The summed E-state index contributed by atoms with van der Waals surface area (Å²) in [5.74, 6) is -0.173. The summed E-state index contributed by atoms with van der Waals surface area (Å²) in [6.45, 7) is 8.74. The van der Waals surface area contributed by atoms with Crippen molar-refractivity contribution in [2.75, 3.05) is 26.7 Å². The number of nitrogens with zero attached hydrogens (tertiary/aromatic N) is 1. The van der Waals surface area contributed by atoms with E-state index in [1.54, 1.807) is 0 Å². The smallest absolute Gasteiger partial charge is 0.327 e. The van der Waals surface area contributed by atoms with Gasteiger partial charge in [0.1, 0.15) is 5.54 Å². The monoisotopic (exact) mass is 228 g/mol. The molecule has 1 heterocycles. The Kier molecular flexibility index (Phi) is 4.74. The van der Waals surface area contributed by atoms with Gasteiger partial charge in [-0.25, -0.2) is 0 Å². The van der Waals surface area contributed by atoms with Crippen molar-refractivity contribution in [3.05, 3.63) is 0 Å². The van der Waals surface area contributed by atoms with Gasteiger partial charge in [-0.1, -0.05) is 6.92 Å². The third kappa shape index (κ3) is 2.95. The van der Waals surface area contributed by atoms with E-state index in [9.17, 15) is 4.79 Å². The predicted molar refractivity (Wildman–Crippen MR) is 64.4 cm³/mol. The van der Waals surface area contributed by atoms with Crippen LogP contribution in [-0.2, 0) is 9.53 Å². The van der Waals surface area contributed by atoms with E-state index in [0.29, 0.717) is 6.04 Å². The summed E-state index contributed by atoms with van der Waals surface area (Å²) in [5, 5.41) is 3.24. The Bertz CT molecular complexity index is 245. The maximum atomic E-state index is 11.8. The molecule has 1 rings (SSSR count). The SMILES string of the molecule is CCNC(C)(CN1CCCC1C)C(=O)OC. The highest BCUT2D eigenvalue weighted by atomic mass is 16.5. The molecular weight excluding hydrogens is 204 g/mol. The van der Waals surface area contributed by atoms with E-state index in [1.165, 1.54) is 20.0 Å². The summed E-state index contributed by atoms with van der Waals surface area (Å²) < 4.78 is 4.89. The molecule has 1 aliphatic heterocycles. The molecule has 16 heavy (non-hydrogen) atoms. The highest BCUT2D eigenvalue weighted by Gasteiger charge is 2.37. The lowest BCUT2D eigenvalue weighted by Gasteiger charge is -2.33. The second-order valence-electron chi connectivity index (χ2n) is 4.82. The fourth-order valence-corrected chi connectivity index (χ4v) is 2.44. The maximum Gasteiger partial charge on any atom is 0.327 e. The van der Waals surface area contributed by atoms with Crippen LogP contribution >= 0.6 is 0 Å². The van der Waals surface area contributed by atoms with Crippen molar-refractivity contribution < 1.29 is 9.53 Å². The number of likely N-dealkylation sites (N-methyl/N-ethyl adjacent to an activating group) is 1. The zero-order valence-electron chi connectivity index (χ0n) is 10.9. The molecule has 1 aliphatic rings. The number of rotatable bonds is 5. The first-order valence-electron chi connectivity index (χ1n) is 6.11. The lowest BCUT2D eigenvalue weighted by molar-refractivity contribution is -0.148. The van der Waals surface area contributed by atoms with Crippen LogP contribution in [-0.4, -0.2) is 49.2 Å². The molecular formula is C12H24N2O2. The second-order valence-corrected chi connectivity index (χ2v) is 4.82. The molecule has 0 radical (unpaired) electrons. The summed E-state index contributed by atoms with van der Waals surface area (Å²) >= 11 is 0. The van der Waals surface area contributed by atoms with Gasteiger partial charge in [0.15, 0.2) is 0 Å². The van der Waals surface area contributed by atoms with E-state index in [-0.39, 0.29) is 5.97 Å². The second kappa shape index (κ2) is 5.64. The standard InChI is InChI=1S/C12H24N2O2/c1-5-13-12(3,11(15)16-4)9-14-8-6-7-10(14)2/h10,13H,5-9H2,1-4H3. The van der Waals surface area contributed by atoms with E-state index >= 15 is 0 Å². The average molecular weight is 228 g/mol. The summed E-state index contributed by atoms with van der Waals surface area (Å²) in [6.07, 6.45) is 2.45. The average Bonchev–Trinajstić information content (AvgIpc) is 2.63. The third-order valence-electron chi connectivity index (χ3n) is 3.41. The lowest BCUT2D eigenvalue weighted by Crippen LogP contribution is -2.57. The van der Waals surface area contributed by atoms with Crippen molar-refractivity contribution in [1.82, 2.24) is 10.2 Å². The van der Waals surface area contributed by atoms with Crippen molar-refractivity contribution in [3.63, 3.8) is 0 Å². The number of hydrogen-bond acceptors (Lipinski definition) is 4. The number of esters is 1. The fourth-order valence-electron chi connectivity index (χ4n) is 2.44. The van der Waals surface area contributed by atoms with Gasteiger partial charge >= 0.3 is 5.97 Å².